The number of nitrogens with two attached hydrogens (primary N) is 1. The maximum atomic E-state index is 12.0. The molecule has 1 fully saturated rings. The molecule has 15 heavy (non-hydrogen) atoms. The Balaban J connectivity index is 2.11. The third-order valence-electron chi connectivity index (χ3n) is 2.60. The van der Waals surface area contributed by atoms with E-state index in [1.54, 1.807) is 0 Å². The summed E-state index contributed by atoms with van der Waals surface area (Å²) in [6.07, 6.45) is 0.913. The van der Waals surface area contributed by atoms with Crippen molar-refractivity contribution in [3.8, 4) is 0 Å². The molecular weight excluding hydrogens is 303 g/mol. The molecule has 0 aromatic heterocycles. The van der Waals surface area contributed by atoms with Crippen molar-refractivity contribution >= 4 is 28.5 Å². The molecule has 1 amide bonds. The fourth-order valence-corrected chi connectivity index (χ4v) is 2.11. The van der Waals surface area contributed by atoms with Gasteiger partial charge in [0, 0.05) is 28.3 Å². The molecule has 1 aliphatic heterocycles. The number of carbonyl (C=O) groups excluding carboxylic acids is 1. The van der Waals surface area contributed by atoms with Crippen molar-refractivity contribution in [1.29, 1.82) is 0 Å². The van der Waals surface area contributed by atoms with Gasteiger partial charge in [0.25, 0.3) is 5.91 Å². The van der Waals surface area contributed by atoms with E-state index >= 15 is 0 Å². The highest BCUT2D eigenvalue weighted by molar-refractivity contribution is 14.1. The molecule has 1 atom stereocenters. The van der Waals surface area contributed by atoms with Crippen LogP contribution in [-0.4, -0.2) is 29.9 Å². The van der Waals surface area contributed by atoms with Gasteiger partial charge in [-0.15, -0.1) is 0 Å². The van der Waals surface area contributed by atoms with E-state index in [4.69, 9.17) is 5.73 Å². The molecule has 0 bridgehead atoms. The lowest BCUT2D eigenvalue weighted by Gasteiger charge is -2.15. The van der Waals surface area contributed by atoms with Crippen molar-refractivity contribution in [3.63, 3.8) is 0 Å². The molecule has 0 aliphatic carbocycles. The molecule has 0 saturated carbocycles. The maximum absolute atomic E-state index is 12.0. The lowest BCUT2D eigenvalue weighted by atomic mass is 10.2. The normalized spacial score (nSPS) is 20.7. The Hall–Kier alpha value is -0.620. The minimum absolute atomic E-state index is 0.0966. The number of hydrogen-bond acceptors (Lipinski definition) is 2. The Bertz CT molecular complexity index is 363. The topological polar surface area (TPSA) is 46.3 Å². The van der Waals surface area contributed by atoms with E-state index in [0.29, 0.717) is 6.54 Å². The van der Waals surface area contributed by atoms with Crippen molar-refractivity contribution in [2.24, 2.45) is 5.73 Å². The first-order chi connectivity index (χ1) is 7.16. The first-order valence-corrected chi connectivity index (χ1v) is 6.05. The van der Waals surface area contributed by atoms with Crippen LogP contribution >= 0.6 is 22.6 Å². The van der Waals surface area contributed by atoms with Crippen LogP contribution in [0.1, 0.15) is 16.8 Å². The number of hydrogen-bond donors (Lipinski definition) is 1. The second-order valence-electron chi connectivity index (χ2n) is 3.81. The molecule has 1 aliphatic rings. The molecule has 0 spiro atoms. The molecule has 1 heterocycles. The van der Waals surface area contributed by atoms with Crippen LogP contribution in [0, 0.1) is 3.57 Å². The Morgan fingerprint density at radius 3 is 2.60 bits per heavy atom. The Morgan fingerprint density at radius 1 is 1.40 bits per heavy atom. The van der Waals surface area contributed by atoms with Gasteiger partial charge in [-0.3, -0.25) is 4.79 Å². The van der Waals surface area contributed by atoms with Gasteiger partial charge in [-0.2, -0.15) is 0 Å². The van der Waals surface area contributed by atoms with Crippen LogP contribution in [0.15, 0.2) is 24.3 Å². The van der Waals surface area contributed by atoms with Gasteiger partial charge >= 0.3 is 0 Å². The van der Waals surface area contributed by atoms with E-state index in [9.17, 15) is 4.79 Å². The molecule has 80 valence electrons. The zero-order valence-corrected chi connectivity index (χ0v) is 10.5. The van der Waals surface area contributed by atoms with Crippen molar-refractivity contribution in [2.45, 2.75) is 12.5 Å². The fourth-order valence-electron chi connectivity index (χ4n) is 1.75. The largest absolute Gasteiger partial charge is 0.337 e. The third kappa shape index (κ3) is 2.49. The predicted octanol–water partition coefficient (Wildman–Crippen LogP) is 1.46. The van der Waals surface area contributed by atoms with Crippen molar-refractivity contribution in [2.75, 3.05) is 13.1 Å². The third-order valence-corrected chi connectivity index (χ3v) is 3.32. The van der Waals surface area contributed by atoms with Crippen molar-refractivity contribution in [1.82, 2.24) is 4.90 Å². The maximum Gasteiger partial charge on any atom is 0.253 e. The van der Waals surface area contributed by atoms with Crippen LogP contribution in [0.2, 0.25) is 0 Å². The van der Waals surface area contributed by atoms with Crippen molar-refractivity contribution < 1.29 is 4.79 Å². The van der Waals surface area contributed by atoms with E-state index in [2.05, 4.69) is 22.6 Å². The first kappa shape index (κ1) is 10.9. The number of likely N-dealkylation sites (tertiary alicyclic amines) is 1. The number of benzene rings is 1. The van der Waals surface area contributed by atoms with E-state index in [1.807, 2.05) is 29.2 Å². The van der Waals surface area contributed by atoms with Gasteiger partial charge in [0.2, 0.25) is 0 Å². The van der Waals surface area contributed by atoms with Gasteiger partial charge in [0.05, 0.1) is 0 Å². The molecule has 4 heteroatoms. The molecule has 1 saturated heterocycles. The van der Waals surface area contributed by atoms with Crippen LogP contribution in [0.3, 0.4) is 0 Å². The lowest BCUT2D eigenvalue weighted by Crippen LogP contribution is -2.31. The highest BCUT2D eigenvalue weighted by atomic mass is 127. The van der Waals surface area contributed by atoms with E-state index in [0.717, 1.165) is 22.1 Å². The second kappa shape index (κ2) is 4.49. The molecule has 1 aromatic rings. The number of halogens is 1. The summed E-state index contributed by atoms with van der Waals surface area (Å²) >= 11 is 2.23. The summed E-state index contributed by atoms with van der Waals surface area (Å²) < 4.78 is 1.14. The summed E-state index contributed by atoms with van der Waals surface area (Å²) in [5.74, 6) is 0.0966. The molecule has 0 radical (unpaired) electrons. The van der Waals surface area contributed by atoms with Crippen LogP contribution in [0.5, 0.6) is 0 Å². The minimum Gasteiger partial charge on any atom is -0.337 e. The van der Waals surface area contributed by atoms with Crippen LogP contribution in [0.25, 0.3) is 0 Å². The number of carbonyl (C=O) groups is 1. The molecule has 2 N–H and O–H groups in total. The summed E-state index contributed by atoms with van der Waals surface area (Å²) in [4.78, 5) is 13.8. The highest BCUT2D eigenvalue weighted by Crippen LogP contribution is 2.13. The molecule has 0 unspecified atom stereocenters. The van der Waals surface area contributed by atoms with Gasteiger partial charge in [0.1, 0.15) is 0 Å². The second-order valence-corrected chi connectivity index (χ2v) is 5.05. The van der Waals surface area contributed by atoms with Crippen LogP contribution < -0.4 is 5.73 Å². The van der Waals surface area contributed by atoms with E-state index < -0.39 is 0 Å². The van der Waals surface area contributed by atoms with E-state index in [1.165, 1.54) is 0 Å². The summed E-state index contributed by atoms with van der Waals surface area (Å²) in [5.41, 5.74) is 6.52. The smallest absolute Gasteiger partial charge is 0.253 e. The molecule has 2 rings (SSSR count). The van der Waals surface area contributed by atoms with Gasteiger partial charge in [0.15, 0.2) is 0 Å². The van der Waals surface area contributed by atoms with Gasteiger partial charge in [-0.05, 0) is 53.3 Å². The van der Waals surface area contributed by atoms with Crippen LogP contribution in [0.4, 0.5) is 0 Å². The zero-order valence-electron chi connectivity index (χ0n) is 8.32. The standard InChI is InChI=1S/C11H13IN2O/c12-9-3-1-8(2-4-9)11(15)14-6-5-10(13)7-14/h1-4,10H,5-7,13H2/t10-/m0/s1. The average Bonchev–Trinajstić information content (AvgIpc) is 2.65. The Labute approximate surface area is 103 Å². The van der Waals surface area contributed by atoms with Crippen LogP contribution in [-0.2, 0) is 0 Å². The molecule has 3 nitrogen and oxygen atoms in total. The monoisotopic (exact) mass is 316 g/mol. The highest BCUT2D eigenvalue weighted by Gasteiger charge is 2.24. The summed E-state index contributed by atoms with van der Waals surface area (Å²) in [6.45, 7) is 1.47. The Kier molecular flexibility index (Phi) is 3.25. The SMILES string of the molecule is N[C@H]1CCN(C(=O)c2ccc(I)cc2)C1. The van der Waals surface area contributed by atoms with E-state index in [-0.39, 0.29) is 11.9 Å². The molecule has 1 aromatic carbocycles. The summed E-state index contributed by atoms with van der Waals surface area (Å²) in [7, 11) is 0. The van der Waals surface area contributed by atoms with Gasteiger partial charge in [-0.1, -0.05) is 0 Å². The number of amides is 1. The molecular formula is C11H13IN2O. The average molecular weight is 316 g/mol. The zero-order chi connectivity index (χ0) is 10.8. The fraction of sp³-hybridized carbons (Fsp3) is 0.364. The number of rotatable bonds is 1. The Morgan fingerprint density at radius 2 is 2.07 bits per heavy atom. The minimum atomic E-state index is 0.0966. The van der Waals surface area contributed by atoms with Gasteiger partial charge in [-0.25, -0.2) is 0 Å². The first-order valence-electron chi connectivity index (χ1n) is 4.97. The van der Waals surface area contributed by atoms with Crippen molar-refractivity contribution in [3.05, 3.63) is 33.4 Å². The quantitative estimate of drug-likeness (QED) is 0.798. The predicted molar refractivity (Wildman–Crippen MR) is 67.7 cm³/mol. The summed E-state index contributed by atoms with van der Waals surface area (Å²) in [5, 5.41) is 0. The lowest BCUT2D eigenvalue weighted by molar-refractivity contribution is 0.0791. The summed E-state index contributed by atoms with van der Waals surface area (Å²) in [6, 6.07) is 7.79. The van der Waals surface area contributed by atoms with Gasteiger partial charge < -0.3 is 10.6 Å². The number of nitrogens with zero attached hydrogens (tertiary/aromatic N) is 1.